The number of aromatic nitrogens is 1. The summed E-state index contributed by atoms with van der Waals surface area (Å²) in [5.41, 5.74) is 4.72. The quantitative estimate of drug-likeness (QED) is 0.239. The monoisotopic (exact) mass is 515 g/mol. The fourth-order valence-electron chi connectivity index (χ4n) is 4.31. The number of ether oxygens (including phenoxy) is 3. The lowest BCUT2D eigenvalue weighted by Gasteiger charge is -2.31. The summed E-state index contributed by atoms with van der Waals surface area (Å²) in [6.07, 6.45) is 5.63. The molecule has 1 N–H and O–H groups in total. The van der Waals surface area contributed by atoms with E-state index >= 15 is 0 Å². The molecule has 0 radical (unpaired) electrons. The summed E-state index contributed by atoms with van der Waals surface area (Å²) >= 11 is 0. The Labute approximate surface area is 225 Å². The van der Waals surface area contributed by atoms with Gasteiger partial charge in [-0.1, -0.05) is 24.8 Å². The fraction of sp³-hybridized carbons (Fsp3) is 0.355. The van der Waals surface area contributed by atoms with Crippen LogP contribution in [0.15, 0.2) is 73.4 Å². The molecule has 3 aromatic rings. The summed E-state index contributed by atoms with van der Waals surface area (Å²) < 4.78 is 17.3. The van der Waals surface area contributed by atoms with Crippen LogP contribution in [0, 0.1) is 0 Å². The first-order valence-electron chi connectivity index (χ1n) is 13.1. The molecule has 1 aliphatic heterocycles. The molecule has 200 valence electrons. The van der Waals surface area contributed by atoms with Crippen molar-refractivity contribution in [2.24, 2.45) is 0 Å². The number of hydrogen-bond acceptors (Lipinski definition) is 6. The molecule has 38 heavy (non-hydrogen) atoms. The van der Waals surface area contributed by atoms with Crippen molar-refractivity contribution in [3.63, 3.8) is 0 Å². The van der Waals surface area contributed by atoms with Gasteiger partial charge in [0.25, 0.3) is 0 Å². The van der Waals surface area contributed by atoms with Crippen LogP contribution in [0.2, 0.25) is 0 Å². The molecule has 2 heterocycles. The Hall–Kier alpha value is -4.00. The van der Waals surface area contributed by atoms with Gasteiger partial charge < -0.3 is 24.4 Å². The van der Waals surface area contributed by atoms with Crippen LogP contribution in [-0.4, -0.2) is 41.3 Å². The Kier molecular flexibility index (Phi) is 8.89. The third-order valence-electron chi connectivity index (χ3n) is 6.08. The van der Waals surface area contributed by atoms with E-state index in [1.807, 2.05) is 75.5 Å². The van der Waals surface area contributed by atoms with E-state index in [4.69, 9.17) is 14.2 Å². The van der Waals surface area contributed by atoms with Crippen molar-refractivity contribution < 1.29 is 19.0 Å². The largest absolute Gasteiger partial charge is 0.493 e. The van der Waals surface area contributed by atoms with Crippen LogP contribution in [0.5, 0.6) is 11.5 Å². The lowest BCUT2D eigenvalue weighted by atomic mass is 9.99. The summed E-state index contributed by atoms with van der Waals surface area (Å²) in [7, 11) is 0. The van der Waals surface area contributed by atoms with E-state index in [0.29, 0.717) is 26.3 Å². The van der Waals surface area contributed by atoms with Gasteiger partial charge in [-0.25, -0.2) is 4.79 Å². The van der Waals surface area contributed by atoms with Crippen molar-refractivity contribution in [2.75, 3.05) is 25.1 Å². The molecule has 0 aliphatic carbocycles. The van der Waals surface area contributed by atoms with Crippen molar-refractivity contribution in [1.29, 1.82) is 0 Å². The zero-order valence-electron chi connectivity index (χ0n) is 22.5. The average Bonchev–Trinajstić information content (AvgIpc) is 2.90. The normalized spacial score (nSPS) is 12.9. The molecule has 0 atom stereocenters. The van der Waals surface area contributed by atoms with Gasteiger partial charge in [0.2, 0.25) is 0 Å². The van der Waals surface area contributed by atoms with Gasteiger partial charge in [0.15, 0.2) is 0 Å². The van der Waals surface area contributed by atoms with Crippen LogP contribution in [0.3, 0.4) is 0 Å². The van der Waals surface area contributed by atoms with Crippen molar-refractivity contribution in [1.82, 2.24) is 9.88 Å². The maximum absolute atomic E-state index is 12.5. The number of pyridine rings is 1. The van der Waals surface area contributed by atoms with Gasteiger partial charge >= 0.3 is 6.09 Å². The first kappa shape index (κ1) is 27.0. The molecule has 0 saturated carbocycles. The minimum Gasteiger partial charge on any atom is -0.493 e. The number of aryl methyl sites for hydroxylation is 1. The molecule has 1 aromatic heterocycles. The fourth-order valence-corrected chi connectivity index (χ4v) is 4.31. The Bertz CT molecular complexity index is 1230. The summed E-state index contributed by atoms with van der Waals surface area (Å²) in [6.45, 7) is 11.5. The number of nitrogens with zero attached hydrogens (tertiary/aromatic N) is 2. The van der Waals surface area contributed by atoms with E-state index in [0.717, 1.165) is 53.4 Å². The molecule has 7 heteroatoms. The Morgan fingerprint density at radius 3 is 2.68 bits per heavy atom. The van der Waals surface area contributed by atoms with Gasteiger partial charge in [-0.15, -0.1) is 0 Å². The molecule has 0 spiro atoms. The van der Waals surface area contributed by atoms with Crippen LogP contribution in [-0.2, 0) is 24.1 Å². The third kappa shape index (κ3) is 7.51. The molecule has 1 aliphatic rings. The van der Waals surface area contributed by atoms with Gasteiger partial charge in [0.1, 0.15) is 23.7 Å². The number of amides is 1. The molecule has 7 nitrogen and oxygen atoms in total. The summed E-state index contributed by atoms with van der Waals surface area (Å²) in [6, 6.07) is 17.9. The molecule has 0 fully saturated rings. The molecule has 0 unspecified atom stereocenters. The number of nitrogens with one attached hydrogen (secondary N) is 1. The Morgan fingerprint density at radius 1 is 1.11 bits per heavy atom. The Balaban J connectivity index is 1.30. The highest BCUT2D eigenvalue weighted by atomic mass is 16.6. The minimum absolute atomic E-state index is 0.272. The second-order valence-corrected chi connectivity index (χ2v) is 10.2. The van der Waals surface area contributed by atoms with Gasteiger partial charge in [-0.2, -0.15) is 0 Å². The van der Waals surface area contributed by atoms with Crippen molar-refractivity contribution >= 4 is 17.5 Å². The van der Waals surface area contributed by atoms with E-state index in [-0.39, 0.29) is 6.09 Å². The second-order valence-electron chi connectivity index (χ2n) is 10.2. The smallest absolute Gasteiger partial charge is 0.410 e. The molecular weight excluding hydrogens is 478 g/mol. The third-order valence-corrected chi connectivity index (χ3v) is 6.08. The molecule has 4 rings (SSSR count). The van der Waals surface area contributed by atoms with Crippen LogP contribution in [0.4, 0.5) is 16.2 Å². The SMILES string of the molecule is C=CCOc1ccc(Nc2cccnc2CCCOc2cccc3c2CCN(C(=O)OC(C)(C)C)C3)cc1. The highest BCUT2D eigenvalue weighted by molar-refractivity contribution is 5.69. The number of rotatable bonds is 10. The molecule has 0 bridgehead atoms. The standard InChI is InChI=1S/C31H37N3O4/c1-5-20-36-25-15-13-24(14-16-25)33-28-10-7-18-32-27(28)11-8-21-37-29-12-6-9-23-22-34(19-17-26(23)29)30(35)38-31(2,3)4/h5-7,9-10,12-16,18,33H,1,8,11,17,19-22H2,2-4H3. The predicted molar refractivity (Wildman–Crippen MR) is 150 cm³/mol. The van der Waals surface area contributed by atoms with Crippen LogP contribution < -0.4 is 14.8 Å². The summed E-state index contributed by atoms with van der Waals surface area (Å²) in [5, 5.41) is 3.46. The maximum atomic E-state index is 12.5. The molecular formula is C31H37N3O4. The van der Waals surface area contributed by atoms with E-state index in [1.54, 1.807) is 11.0 Å². The number of fused-ring (bicyclic) bond motifs is 1. The second kappa shape index (κ2) is 12.5. The van der Waals surface area contributed by atoms with Gasteiger partial charge in [-0.05, 0) is 88.1 Å². The number of carbonyl (C=O) groups excluding carboxylic acids is 1. The van der Waals surface area contributed by atoms with Crippen molar-refractivity contribution in [3.8, 4) is 11.5 Å². The molecule has 0 saturated heterocycles. The minimum atomic E-state index is -0.504. The zero-order chi connectivity index (χ0) is 27.0. The van der Waals surface area contributed by atoms with Crippen LogP contribution in [0.25, 0.3) is 0 Å². The lowest BCUT2D eigenvalue weighted by molar-refractivity contribution is 0.0223. The van der Waals surface area contributed by atoms with Gasteiger partial charge in [0.05, 0.1) is 18.0 Å². The first-order chi connectivity index (χ1) is 18.3. The zero-order valence-corrected chi connectivity index (χ0v) is 22.5. The van der Waals surface area contributed by atoms with Crippen LogP contribution in [0.1, 0.15) is 44.0 Å². The summed E-state index contributed by atoms with van der Waals surface area (Å²) in [5.74, 6) is 1.70. The van der Waals surface area contributed by atoms with E-state index in [2.05, 4.69) is 22.9 Å². The van der Waals surface area contributed by atoms with E-state index in [9.17, 15) is 4.79 Å². The van der Waals surface area contributed by atoms with Crippen molar-refractivity contribution in [3.05, 3.63) is 90.3 Å². The highest BCUT2D eigenvalue weighted by Gasteiger charge is 2.27. The number of benzene rings is 2. The van der Waals surface area contributed by atoms with Crippen LogP contribution >= 0.6 is 0 Å². The van der Waals surface area contributed by atoms with E-state index < -0.39 is 5.60 Å². The molecule has 2 aromatic carbocycles. The van der Waals surface area contributed by atoms with Gasteiger partial charge in [0, 0.05) is 30.5 Å². The average molecular weight is 516 g/mol. The lowest BCUT2D eigenvalue weighted by Crippen LogP contribution is -2.40. The van der Waals surface area contributed by atoms with Crippen molar-refractivity contribution in [2.45, 2.75) is 52.2 Å². The predicted octanol–water partition coefficient (Wildman–Crippen LogP) is 6.69. The number of anilines is 2. The molecule has 1 amide bonds. The highest BCUT2D eigenvalue weighted by Crippen LogP contribution is 2.29. The number of hydrogen-bond donors (Lipinski definition) is 1. The topological polar surface area (TPSA) is 72.9 Å². The maximum Gasteiger partial charge on any atom is 0.410 e. The first-order valence-corrected chi connectivity index (χ1v) is 13.1. The van der Waals surface area contributed by atoms with E-state index in [1.165, 1.54) is 5.56 Å². The number of carbonyl (C=O) groups is 1. The Morgan fingerprint density at radius 2 is 1.92 bits per heavy atom. The summed E-state index contributed by atoms with van der Waals surface area (Å²) in [4.78, 5) is 18.9. The van der Waals surface area contributed by atoms with Gasteiger partial charge in [-0.3, -0.25) is 4.98 Å².